The summed E-state index contributed by atoms with van der Waals surface area (Å²) in [7, 11) is 0. The number of likely N-dealkylation sites (N-methyl/N-ethyl adjacent to an activating group) is 1. The number of nitrogens with zero attached hydrogens (tertiary/aromatic N) is 2. The van der Waals surface area contributed by atoms with Crippen LogP contribution in [-0.2, 0) is 4.79 Å². The number of nitrogens with one attached hydrogen (secondary N) is 1. The summed E-state index contributed by atoms with van der Waals surface area (Å²) in [4.78, 5) is 17.0. The molecule has 0 bridgehead atoms. The molecule has 1 aliphatic heterocycles. The zero-order chi connectivity index (χ0) is 14.5. The van der Waals surface area contributed by atoms with Crippen molar-refractivity contribution in [1.82, 2.24) is 15.1 Å². The summed E-state index contributed by atoms with van der Waals surface area (Å²) in [5.41, 5.74) is 5.87. The van der Waals surface area contributed by atoms with Crippen LogP contribution in [0.1, 0.15) is 33.1 Å². The van der Waals surface area contributed by atoms with Crippen LogP contribution in [0.25, 0.3) is 0 Å². The summed E-state index contributed by atoms with van der Waals surface area (Å²) in [6.07, 6.45) is 2.80. The van der Waals surface area contributed by atoms with E-state index in [2.05, 4.69) is 29.0 Å². The Morgan fingerprint density at radius 2 is 2.00 bits per heavy atom. The number of amides is 1. The number of rotatable bonds is 5. The molecule has 5 nitrogen and oxygen atoms in total. The molecule has 1 saturated carbocycles. The van der Waals surface area contributed by atoms with Crippen molar-refractivity contribution >= 4 is 5.91 Å². The average molecular weight is 282 g/mol. The van der Waals surface area contributed by atoms with Crippen molar-refractivity contribution in [3.63, 3.8) is 0 Å². The average Bonchev–Trinajstić information content (AvgIpc) is 2.91. The highest BCUT2D eigenvalue weighted by Gasteiger charge is 2.28. The van der Waals surface area contributed by atoms with Crippen molar-refractivity contribution in [1.29, 1.82) is 0 Å². The van der Waals surface area contributed by atoms with E-state index in [1.807, 2.05) is 0 Å². The second-order valence-corrected chi connectivity index (χ2v) is 6.33. The minimum Gasteiger partial charge on any atom is -0.354 e. The van der Waals surface area contributed by atoms with Crippen LogP contribution in [0.15, 0.2) is 0 Å². The molecule has 2 fully saturated rings. The quantitative estimate of drug-likeness (QED) is 0.759. The number of nitrogens with two attached hydrogens (primary N) is 1. The van der Waals surface area contributed by atoms with E-state index in [9.17, 15) is 4.79 Å². The van der Waals surface area contributed by atoms with Gasteiger partial charge in [-0.3, -0.25) is 9.69 Å². The minimum atomic E-state index is 0.147. The van der Waals surface area contributed by atoms with Gasteiger partial charge < -0.3 is 16.0 Å². The smallest absolute Gasteiger partial charge is 0.223 e. The first-order valence-electron chi connectivity index (χ1n) is 8.09. The van der Waals surface area contributed by atoms with Crippen molar-refractivity contribution < 1.29 is 4.79 Å². The lowest BCUT2D eigenvalue weighted by Gasteiger charge is -2.37. The summed E-state index contributed by atoms with van der Waals surface area (Å²) < 4.78 is 0. The van der Waals surface area contributed by atoms with Crippen molar-refractivity contribution in [2.75, 3.05) is 39.3 Å². The van der Waals surface area contributed by atoms with Gasteiger partial charge in [-0.05, 0) is 32.7 Å². The molecule has 0 spiro atoms. The first-order valence-corrected chi connectivity index (χ1v) is 8.09. The Kier molecular flexibility index (Phi) is 5.81. The van der Waals surface area contributed by atoms with Gasteiger partial charge >= 0.3 is 0 Å². The maximum Gasteiger partial charge on any atom is 0.223 e. The van der Waals surface area contributed by atoms with Gasteiger partial charge in [0.25, 0.3) is 0 Å². The van der Waals surface area contributed by atoms with E-state index in [4.69, 9.17) is 5.73 Å². The molecular formula is C15H30N4O. The molecule has 3 unspecified atom stereocenters. The highest BCUT2D eigenvalue weighted by molar-refractivity contribution is 5.79. The topological polar surface area (TPSA) is 61.6 Å². The van der Waals surface area contributed by atoms with E-state index in [1.54, 1.807) is 0 Å². The summed E-state index contributed by atoms with van der Waals surface area (Å²) in [6, 6.07) is 0.651. The fourth-order valence-electron chi connectivity index (χ4n) is 3.30. The lowest BCUT2D eigenvalue weighted by atomic mass is 10.1. The van der Waals surface area contributed by atoms with E-state index in [-0.39, 0.29) is 17.9 Å². The maximum absolute atomic E-state index is 12.1. The number of carbonyl (C=O) groups excluding carboxylic acids is 1. The van der Waals surface area contributed by atoms with Crippen LogP contribution < -0.4 is 11.1 Å². The molecule has 0 aromatic heterocycles. The molecule has 3 N–H and O–H groups in total. The van der Waals surface area contributed by atoms with Gasteiger partial charge in [-0.2, -0.15) is 0 Å². The van der Waals surface area contributed by atoms with Gasteiger partial charge in [0.2, 0.25) is 5.91 Å². The Labute approximate surface area is 122 Å². The highest BCUT2D eigenvalue weighted by Crippen LogP contribution is 2.24. The molecule has 5 heteroatoms. The zero-order valence-corrected chi connectivity index (χ0v) is 13.0. The van der Waals surface area contributed by atoms with E-state index in [1.165, 1.54) is 0 Å². The molecule has 1 heterocycles. The summed E-state index contributed by atoms with van der Waals surface area (Å²) >= 11 is 0. The van der Waals surface area contributed by atoms with Crippen LogP contribution in [0, 0.1) is 5.92 Å². The third-order valence-electron chi connectivity index (χ3n) is 4.89. The normalized spacial score (nSPS) is 30.4. The van der Waals surface area contributed by atoms with Gasteiger partial charge in [-0.15, -0.1) is 0 Å². The van der Waals surface area contributed by atoms with Gasteiger partial charge in [0.05, 0.1) is 0 Å². The van der Waals surface area contributed by atoms with Crippen LogP contribution in [0.5, 0.6) is 0 Å². The van der Waals surface area contributed by atoms with Crippen LogP contribution in [0.4, 0.5) is 0 Å². The Bertz CT molecular complexity index is 315. The SMILES string of the molecule is CCN1CCN(C(C)CNC(=O)C2CCC(N)C2)CC1. The molecule has 2 rings (SSSR count). The van der Waals surface area contributed by atoms with Crippen molar-refractivity contribution in [2.24, 2.45) is 11.7 Å². The Balaban J connectivity index is 1.67. The molecule has 3 atom stereocenters. The third kappa shape index (κ3) is 4.17. The maximum atomic E-state index is 12.1. The number of piperazine rings is 1. The Morgan fingerprint density at radius 3 is 2.55 bits per heavy atom. The molecule has 20 heavy (non-hydrogen) atoms. The van der Waals surface area contributed by atoms with Crippen molar-refractivity contribution in [3.8, 4) is 0 Å². The number of hydrogen-bond donors (Lipinski definition) is 2. The first kappa shape index (κ1) is 15.7. The van der Waals surface area contributed by atoms with Crippen LogP contribution >= 0.6 is 0 Å². The molecule has 0 aromatic rings. The molecule has 0 radical (unpaired) electrons. The Hall–Kier alpha value is -0.650. The predicted octanol–water partition coefficient (Wildman–Crippen LogP) is 0.256. The Morgan fingerprint density at radius 1 is 1.30 bits per heavy atom. The van der Waals surface area contributed by atoms with Crippen LogP contribution in [0.3, 0.4) is 0 Å². The molecule has 0 aromatic carbocycles. The molecule has 1 amide bonds. The molecule has 116 valence electrons. The summed E-state index contributed by atoms with van der Waals surface area (Å²) in [5, 5.41) is 3.12. The predicted molar refractivity (Wildman–Crippen MR) is 81.5 cm³/mol. The molecule has 1 saturated heterocycles. The van der Waals surface area contributed by atoms with Gasteiger partial charge in [-0.1, -0.05) is 6.92 Å². The minimum absolute atomic E-state index is 0.147. The van der Waals surface area contributed by atoms with Crippen LogP contribution in [0.2, 0.25) is 0 Å². The fraction of sp³-hybridized carbons (Fsp3) is 0.933. The van der Waals surface area contributed by atoms with Crippen LogP contribution in [-0.4, -0.2) is 67.1 Å². The standard InChI is InChI=1S/C15H30N4O/c1-3-18-6-8-19(9-7-18)12(2)11-17-15(20)13-4-5-14(16)10-13/h12-14H,3-11,16H2,1-2H3,(H,17,20). The molecule has 1 aliphatic carbocycles. The molecule has 2 aliphatic rings. The van der Waals surface area contributed by atoms with E-state index < -0.39 is 0 Å². The lowest BCUT2D eigenvalue weighted by Crippen LogP contribution is -2.52. The van der Waals surface area contributed by atoms with E-state index in [0.717, 1.165) is 58.5 Å². The van der Waals surface area contributed by atoms with Gasteiger partial charge in [-0.25, -0.2) is 0 Å². The van der Waals surface area contributed by atoms with Gasteiger partial charge in [0.1, 0.15) is 0 Å². The van der Waals surface area contributed by atoms with Gasteiger partial charge in [0, 0.05) is 50.7 Å². The zero-order valence-electron chi connectivity index (χ0n) is 13.0. The van der Waals surface area contributed by atoms with E-state index >= 15 is 0 Å². The first-order chi connectivity index (χ1) is 9.60. The lowest BCUT2D eigenvalue weighted by molar-refractivity contribution is -0.125. The number of hydrogen-bond acceptors (Lipinski definition) is 4. The van der Waals surface area contributed by atoms with Crippen molar-refractivity contribution in [3.05, 3.63) is 0 Å². The molecular weight excluding hydrogens is 252 g/mol. The number of carbonyl (C=O) groups is 1. The highest BCUT2D eigenvalue weighted by atomic mass is 16.1. The fourth-order valence-corrected chi connectivity index (χ4v) is 3.30. The van der Waals surface area contributed by atoms with Crippen molar-refractivity contribution in [2.45, 2.75) is 45.2 Å². The largest absolute Gasteiger partial charge is 0.354 e. The third-order valence-corrected chi connectivity index (χ3v) is 4.89. The van der Waals surface area contributed by atoms with E-state index in [0.29, 0.717) is 6.04 Å². The van der Waals surface area contributed by atoms with Gasteiger partial charge in [0.15, 0.2) is 0 Å². The second kappa shape index (κ2) is 7.38. The second-order valence-electron chi connectivity index (χ2n) is 6.33. The monoisotopic (exact) mass is 282 g/mol. The summed E-state index contributed by atoms with van der Waals surface area (Å²) in [6.45, 7) is 10.8. The summed E-state index contributed by atoms with van der Waals surface area (Å²) in [5.74, 6) is 0.353.